The van der Waals surface area contributed by atoms with Gasteiger partial charge in [-0.2, -0.15) is 0 Å². The molecule has 6 nitrogen and oxygen atoms in total. The van der Waals surface area contributed by atoms with Crippen LogP contribution >= 0.6 is 0 Å². The first kappa shape index (κ1) is 19.2. The van der Waals surface area contributed by atoms with Crippen LogP contribution in [0.1, 0.15) is 32.1 Å². The van der Waals surface area contributed by atoms with E-state index in [1.165, 1.54) is 0 Å². The average molecular weight is 348 g/mol. The Labute approximate surface area is 149 Å². The van der Waals surface area contributed by atoms with Gasteiger partial charge in [-0.15, -0.1) is 0 Å². The van der Waals surface area contributed by atoms with Crippen molar-refractivity contribution in [1.29, 1.82) is 0 Å². The van der Waals surface area contributed by atoms with E-state index in [4.69, 9.17) is 9.47 Å². The Morgan fingerprint density at radius 1 is 1.12 bits per heavy atom. The molecule has 0 atom stereocenters. The maximum Gasteiger partial charge on any atom is 0.224 e. The van der Waals surface area contributed by atoms with Crippen LogP contribution < -0.4 is 10.1 Å². The molecule has 6 heteroatoms. The van der Waals surface area contributed by atoms with E-state index in [9.17, 15) is 9.59 Å². The zero-order valence-electron chi connectivity index (χ0n) is 14.9. The van der Waals surface area contributed by atoms with Gasteiger partial charge in [-0.1, -0.05) is 18.2 Å². The van der Waals surface area contributed by atoms with E-state index in [-0.39, 0.29) is 17.9 Å². The van der Waals surface area contributed by atoms with Crippen molar-refractivity contribution < 1.29 is 19.1 Å². The highest BCUT2D eigenvalue weighted by Gasteiger charge is 2.23. The number of carbonyl (C=O) groups is 2. The van der Waals surface area contributed by atoms with Gasteiger partial charge in [-0.3, -0.25) is 9.59 Å². The molecule has 0 unspecified atom stereocenters. The first-order chi connectivity index (χ1) is 12.2. The summed E-state index contributed by atoms with van der Waals surface area (Å²) in [7, 11) is 1.60. The van der Waals surface area contributed by atoms with Crippen molar-refractivity contribution in [2.75, 3.05) is 33.4 Å². The van der Waals surface area contributed by atoms with Gasteiger partial charge >= 0.3 is 0 Å². The number of piperidine rings is 1. The van der Waals surface area contributed by atoms with Crippen LogP contribution in [0.25, 0.3) is 0 Å². The van der Waals surface area contributed by atoms with Crippen LogP contribution in [-0.2, 0) is 14.3 Å². The number of hydrogen-bond donors (Lipinski definition) is 1. The Kier molecular flexibility index (Phi) is 8.25. The largest absolute Gasteiger partial charge is 0.494 e. The molecule has 25 heavy (non-hydrogen) atoms. The highest BCUT2D eigenvalue weighted by atomic mass is 16.5. The average Bonchev–Trinajstić information content (AvgIpc) is 2.65. The van der Waals surface area contributed by atoms with E-state index in [1.807, 2.05) is 35.2 Å². The zero-order valence-corrected chi connectivity index (χ0v) is 14.9. The van der Waals surface area contributed by atoms with Gasteiger partial charge in [-0.25, -0.2) is 0 Å². The Morgan fingerprint density at radius 3 is 2.52 bits per heavy atom. The Bertz CT molecular complexity index is 527. The second-order valence-electron chi connectivity index (χ2n) is 6.23. The van der Waals surface area contributed by atoms with Crippen molar-refractivity contribution in [2.45, 2.75) is 38.1 Å². The number of nitrogens with zero attached hydrogens (tertiary/aromatic N) is 1. The van der Waals surface area contributed by atoms with E-state index < -0.39 is 0 Å². The van der Waals surface area contributed by atoms with Gasteiger partial charge in [0.2, 0.25) is 11.8 Å². The third-order valence-corrected chi connectivity index (χ3v) is 4.29. The number of ether oxygens (including phenoxy) is 2. The Balaban J connectivity index is 1.56. The molecule has 1 fully saturated rings. The summed E-state index contributed by atoms with van der Waals surface area (Å²) in [4.78, 5) is 25.8. The number of methoxy groups -OCH3 is 1. The number of para-hydroxylation sites is 1. The predicted molar refractivity (Wildman–Crippen MR) is 95.4 cm³/mol. The van der Waals surface area contributed by atoms with Crippen molar-refractivity contribution in [1.82, 2.24) is 10.2 Å². The summed E-state index contributed by atoms with van der Waals surface area (Å²) in [5, 5.41) is 3.06. The lowest BCUT2D eigenvalue weighted by atomic mass is 10.0. The molecular formula is C19H28N2O4. The maximum absolute atomic E-state index is 12.0. The van der Waals surface area contributed by atoms with Crippen LogP contribution in [0.3, 0.4) is 0 Å². The third-order valence-electron chi connectivity index (χ3n) is 4.29. The second-order valence-corrected chi connectivity index (χ2v) is 6.23. The molecule has 0 bridgehead atoms. The normalized spacial score (nSPS) is 15.0. The third kappa shape index (κ3) is 7.13. The minimum Gasteiger partial charge on any atom is -0.494 e. The molecule has 0 saturated carbocycles. The van der Waals surface area contributed by atoms with Gasteiger partial charge in [0.1, 0.15) is 5.75 Å². The fourth-order valence-corrected chi connectivity index (χ4v) is 2.86. The van der Waals surface area contributed by atoms with Crippen molar-refractivity contribution in [3.63, 3.8) is 0 Å². The van der Waals surface area contributed by atoms with Crippen LogP contribution in [0.15, 0.2) is 30.3 Å². The quantitative estimate of drug-likeness (QED) is 0.693. The number of carbonyl (C=O) groups excluding carboxylic acids is 2. The lowest BCUT2D eigenvalue weighted by Gasteiger charge is -2.32. The monoisotopic (exact) mass is 348 g/mol. The van der Waals surface area contributed by atoms with Crippen LogP contribution in [-0.4, -0.2) is 56.2 Å². The Hall–Kier alpha value is -2.08. The standard InChI is InChI=1S/C19H28N2O4/c1-24-15-11-19(23)21-12-9-16(10-13-21)20-18(22)8-5-14-25-17-6-3-2-4-7-17/h2-4,6-7,16H,5,8-15H2,1H3,(H,20,22). The maximum atomic E-state index is 12.0. The number of hydrogen-bond acceptors (Lipinski definition) is 4. The van der Waals surface area contributed by atoms with Gasteiger partial charge in [0.15, 0.2) is 0 Å². The molecule has 1 aliphatic heterocycles. The first-order valence-electron chi connectivity index (χ1n) is 8.93. The number of nitrogens with one attached hydrogen (secondary N) is 1. The molecule has 1 aliphatic rings. The van der Waals surface area contributed by atoms with Crippen LogP contribution in [0, 0.1) is 0 Å². The van der Waals surface area contributed by atoms with E-state index in [1.54, 1.807) is 7.11 Å². The van der Waals surface area contributed by atoms with Crippen LogP contribution in [0.5, 0.6) is 5.75 Å². The number of benzene rings is 1. The van der Waals surface area contributed by atoms with Gasteiger partial charge in [0.05, 0.1) is 19.6 Å². The summed E-state index contributed by atoms with van der Waals surface area (Å²) in [6.07, 6.45) is 3.19. The SMILES string of the molecule is COCCC(=O)N1CCC(NC(=O)CCCOc2ccccc2)CC1. The molecule has 2 rings (SSSR count). The summed E-state index contributed by atoms with van der Waals surface area (Å²) in [5.74, 6) is 1.01. The molecule has 1 aromatic carbocycles. The van der Waals surface area contributed by atoms with Gasteiger partial charge in [-0.05, 0) is 31.4 Å². The van der Waals surface area contributed by atoms with E-state index >= 15 is 0 Å². The smallest absolute Gasteiger partial charge is 0.224 e. The molecule has 138 valence electrons. The Morgan fingerprint density at radius 2 is 1.84 bits per heavy atom. The van der Waals surface area contributed by atoms with Crippen molar-refractivity contribution in [3.05, 3.63) is 30.3 Å². The van der Waals surface area contributed by atoms with Crippen LogP contribution in [0.2, 0.25) is 0 Å². The van der Waals surface area contributed by atoms with E-state index in [2.05, 4.69) is 5.32 Å². The van der Waals surface area contributed by atoms with Crippen molar-refractivity contribution >= 4 is 11.8 Å². The highest BCUT2D eigenvalue weighted by Crippen LogP contribution is 2.12. The molecule has 0 aliphatic carbocycles. The zero-order chi connectivity index (χ0) is 17.9. The van der Waals surface area contributed by atoms with Crippen LogP contribution in [0.4, 0.5) is 0 Å². The number of rotatable bonds is 9. The number of likely N-dealkylation sites (tertiary alicyclic amines) is 1. The fourth-order valence-electron chi connectivity index (χ4n) is 2.86. The topological polar surface area (TPSA) is 67.9 Å². The lowest BCUT2D eigenvalue weighted by Crippen LogP contribution is -2.46. The van der Waals surface area contributed by atoms with E-state index in [0.717, 1.165) is 18.6 Å². The molecule has 1 N–H and O–H groups in total. The first-order valence-corrected chi connectivity index (χ1v) is 8.93. The molecule has 0 radical (unpaired) electrons. The molecule has 1 heterocycles. The molecule has 1 aromatic rings. The number of amides is 2. The lowest BCUT2D eigenvalue weighted by molar-refractivity contribution is -0.133. The summed E-state index contributed by atoms with van der Waals surface area (Å²) in [6.45, 7) is 2.39. The summed E-state index contributed by atoms with van der Waals surface area (Å²) in [5.41, 5.74) is 0. The molecular weight excluding hydrogens is 320 g/mol. The van der Waals surface area contributed by atoms with E-state index in [0.29, 0.717) is 45.6 Å². The van der Waals surface area contributed by atoms with Gasteiger partial charge in [0, 0.05) is 32.7 Å². The summed E-state index contributed by atoms with van der Waals surface area (Å²) < 4.78 is 10.5. The highest BCUT2D eigenvalue weighted by molar-refractivity contribution is 5.77. The molecule has 1 saturated heterocycles. The predicted octanol–water partition coefficient (Wildman–Crippen LogP) is 1.99. The molecule has 2 amide bonds. The minimum absolute atomic E-state index is 0.0563. The van der Waals surface area contributed by atoms with Gasteiger partial charge in [0.25, 0.3) is 0 Å². The molecule has 0 spiro atoms. The second kappa shape index (κ2) is 10.7. The van der Waals surface area contributed by atoms with Gasteiger partial charge < -0.3 is 19.7 Å². The molecule has 0 aromatic heterocycles. The minimum atomic E-state index is 0.0563. The fraction of sp³-hybridized carbons (Fsp3) is 0.579. The van der Waals surface area contributed by atoms with Crippen molar-refractivity contribution in [3.8, 4) is 5.75 Å². The summed E-state index contributed by atoms with van der Waals surface area (Å²) >= 11 is 0. The van der Waals surface area contributed by atoms with Crippen molar-refractivity contribution in [2.24, 2.45) is 0 Å². The summed E-state index contributed by atoms with van der Waals surface area (Å²) in [6, 6.07) is 9.76.